The average Bonchev–Trinajstić information content (AvgIpc) is 2.82. The number of carbonyl (C=O) groups excluding carboxylic acids is 3. The van der Waals surface area contributed by atoms with Crippen molar-refractivity contribution >= 4 is 27.7 Å². The lowest BCUT2D eigenvalue weighted by Gasteiger charge is -2.20. The first kappa shape index (κ1) is 25.6. The fourth-order valence-electron chi connectivity index (χ4n) is 3.89. The normalized spacial score (nSPS) is 14.2. The van der Waals surface area contributed by atoms with Crippen LogP contribution in [0.25, 0.3) is 0 Å². The molecule has 3 rings (SSSR count). The van der Waals surface area contributed by atoms with E-state index in [1.54, 1.807) is 0 Å². The molecular weight excluding hydrogens is 456 g/mol. The minimum absolute atomic E-state index is 0.0515. The number of esters is 1. The number of Topliss-reactive ketones (excluding diaryl/α,β-unsaturated/α-hetero) is 1. The lowest BCUT2D eigenvalue weighted by atomic mass is 9.89. The Bertz CT molecular complexity index is 1170. The van der Waals surface area contributed by atoms with Gasteiger partial charge in [-0.3, -0.25) is 14.4 Å². The highest BCUT2D eigenvalue weighted by Gasteiger charge is 2.24. The van der Waals surface area contributed by atoms with Crippen LogP contribution in [-0.2, 0) is 37.2 Å². The van der Waals surface area contributed by atoms with Crippen molar-refractivity contribution in [2.24, 2.45) is 0 Å². The molecule has 0 spiro atoms. The van der Waals surface area contributed by atoms with Gasteiger partial charge < -0.3 is 10.1 Å². The minimum atomic E-state index is -3.96. The molecule has 0 radical (unpaired) electrons. The zero-order chi connectivity index (χ0) is 24.9. The predicted molar refractivity (Wildman–Crippen MR) is 127 cm³/mol. The minimum Gasteiger partial charge on any atom is -0.455 e. The van der Waals surface area contributed by atoms with Crippen LogP contribution < -0.4 is 5.32 Å². The third-order valence-corrected chi connectivity index (χ3v) is 7.75. The third-order valence-electron chi connectivity index (χ3n) is 5.94. The summed E-state index contributed by atoms with van der Waals surface area (Å²) in [6.45, 7) is 2.19. The van der Waals surface area contributed by atoms with Gasteiger partial charge in [0.25, 0.3) is 5.91 Å². The van der Waals surface area contributed by atoms with Crippen LogP contribution in [0.1, 0.15) is 59.8 Å². The Labute approximate surface area is 200 Å². The van der Waals surface area contributed by atoms with E-state index >= 15 is 0 Å². The van der Waals surface area contributed by atoms with Crippen LogP contribution in [0.4, 0.5) is 0 Å². The van der Waals surface area contributed by atoms with Gasteiger partial charge in [-0.25, -0.2) is 8.42 Å². The molecule has 1 aliphatic rings. The second-order valence-corrected chi connectivity index (χ2v) is 10.6. The monoisotopic (exact) mass is 486 g/mol. The van der Waals surface area contributed by atoms with Crippen molar-refractivity contribution in [1.82, 2.24) is 9.62 Å². The largest absolute Gasteiger partial charge is 0.455 e. The second kappa shape index (κ2) is 10.9. The number of fused-ring (bicyclic) bond motifs is 1. The maximum atomic E-state index is 12.6. The van der Waals surface area contributed by atoms with Gasteiger partial charge in [0, 0.05) is 12.6 Å². The lowest BCUT2D eigenvalue weighted by molar-refractivity contribution is -0.148. The molecule has 0 heterocycles. The Kier molecular flexibility index (Phi) is 8.22. The van der Waals surface area contributed by atoms with E-state index in [1.807, 2.05) is 13.0 Å². The number of amides is 1. The van der Waals surface area contributed by atoms with E-state index in [-0.39, 0.29) is 16.7 Å². The Balaban J connectivity index is 1.49. The van der Waals surface area contributed by atoms with Crippen LogP contribution in [-0.4, -0.2) is 50.6 Å². The fraction of sp³-hybridized carbons (Fsp3) is 0.400. The van der Waals surface area contributed by atoms with Crippen molar-refractivity contribution in [1.29, 1.82) is 0 Å². The van der Waals surface area contributed by atoms with Gasteiger partial charge in [0.15, 0.2) is 12.4 Å². The number of hydrogen-bond donors (Lipinski definition) is 1. The molecule has 9 heteroatoms. The van der Waals surface area contributed by atoms with Crippen LogP contribution in [0.3, 0.4) is 0 Å². The number of carbonyl (C=O) groups is 3. The highest BCUT2D eigenvalue weighted by Crippen LogP contribution is 2.24. The van der Waals surface area contributed by atoms with Gasteiger partial charge >= 0.3 is 5.97 Å². The highest BCUT2D eigenvalue weighted by molar-refractivity contribution is 7.89. The fourth-order valence-corrected chi connectivity index (χ4v) is 5.00. The zero-order valence-corrected chi connectivity index (χ0v) is 20.5. The maximum absolute atomic E-state index is 12.6. The molecule has 0 fully saturated rings. The molecule has 0 saturated carbocycles. The van der Waals surface area contributed by atoms with Gasteiger partial charge in [-0.15, -0.1) is 0 Å². The summed E-state index contributed by atoms with van der Waals surface area (Å²) in [4.78, 5) is 35.7. The summed E-state index contributed by atoms with van der Waals surface area (Å²) in [5, 5.41) is 2.81. The highest BCUT2D eigenvalue weighted by atomic mass is 32.2. The van der Waals surface area contributed by atoms with Gasteiger partial charge in [-0.1, -0.05) is 30.3 Å². The van der Waals surface area contributed by atoms with Gasteiger partial charge in [0.1, 0.15) is 6.54 Å². The molecule has 0 aromatic heterocycles. The van der Waals surface area contributed by atoms with Gasteiger partial charge in [0.2, 0.25) is 10.0 Å². The molecule has 2 aromatic rings. The van der Waals surface area contributed by atoms with E-state index in [9.17, 15) is 22.8 Å². The first-order valence-electron chi connectivity index (χ1n) is 11.2. The molecule has 8 nitrogen and oxygen atoms in total. The Hall–Kier alpha value is -3.04. The van der Waals surface area contributed by atoms with Crippen LogP contribution in [0.2, 0.25) is 0 Å². The van der Waals surface area contributed by atoms with Crippen molar-refractivity contribution < 1.29 is 27.5 Å². The van der Waals surface area contributed by atoms with Gasteiger partial charge in [-0.2, -0.15) is 4.31 Å². The molecule has 1 atom stereocenters. The van der Waals surface area contributed by atoms with Gasteiger partial charge in [-0.05, 0) is 68.4 Å². The molecule has 1 N–H and O–H groups in total. The molecule has 0 bridgehead atoms. The summed E-state index contributed by atoms with van der Waals surface area (Å²) in [6.07, 6.45) is 4.49. The van der Waals surface area contributed by atoms with Crippen LogP contribution in [0.5, 0.6) is 0 Å². The molecule has 1 aliphatic carbocycles. The Morgan fingerprint density at radius 1 is 1.03 bits per heavy atom. The number of aryl methyl sites for hydroxylation is 2. The summed E-state index contributed by atoms with van der Waals surface area (Å²) in [6, 6.07) is 11.4. The number of hydrogen-bond acceptors (Lipinski definition) is 6. The van der Waals surface area contributed by atoms with Crippen LogP contribution in [0.15, 0.2) is 47.4 Å². The van der Waals surface area contributed by atoms with Crippen molar-refractivity contribution in [3.63, 3.8) is 0 Å². The topological polar surface area (TPSA) is 110 Å². The first-order valence-corrected chi connectivity index (χ1v) is 12.7. The maximum Gasteiger partial charge on any atom is 0.321 e. The van der Waals surface area contributed by atoms with E-state index in [4.69, 9.17) is 4.74 Å². The molecule has 0 saturated heterocycles. The van der Waals surface area contributed by atoms with E-state index in [0.29, 0.717) is 5.56 Å². The quantitative estimate of drug-likeness (QED) is 0.431. The predicted octanol–water partition coefficient (Wildman–Crippen LogP) is 2.81. The standard InChI is InChI=1S/C25H30N2O6S/c1-17(21-9-8-20-6-4-5-7-22(20)14-21)26-24(29)16-33-25(30)15-27(3)34(31,32)23-12-10-19(11-13-23)18(2)28/h8-14,17H,4-7,15-16H2,1-3H3,(H,26,29). The summed E-state index contributed by atoms with van der Waals surface area (Å²) >= 11 is 0. The Morgan fingerprint density at radius 3 is 2.32 bits per heavy atom. The number of sulfonamides is 1. The van der Waals surface area contributed by atoms with Crippen molar-refractivity contribution in [3.8, 4) is 0 Å². The van der Waals surface area contributed by atoms with E-state index in [1.165, 1.54) is 62.2 Å². The molecule has 1 amide bonds. The Morgan fingerprint density at radius 2 is 1.68 bits per heavy atom. The van der Waals surface area contributed by atoms with Crippen LogP contribution in [0, 0.1) is 0 Å². The van der Waals surface area contributed by atoms with Crippen molar-refractivity contribution in [2.45, 2.75) is 50.5 Å². The number of benzene rings is 2. The zero-order valence-electron chi connectivity index (χ0n) is 19.7. The number of likely N-dealkylation sites (N-methyl/N-ethyl adjacent to an activating group) is 1. The summed E-state index contributed by atoms with van der Waals surface area (Å²) in [5.74, 6) is -1.49. The number of nitrogens with zero attached hydrogens (tertiary/aromatic N) is 1. The molecule has 0 aliphatic heterocycles. The lowest BCUT2D eigenvalue weighted by Crippen LogP contribution is -2.36. The number of nitrogens with one attached hydrogen (secondary N) is 1. The SMILES string of the molecule is CC(=O)c1ccc(S(=O)(=O)N(C)CC(=O)OCC(=O)NC(C)c2ccc3c(c2)CCCC3)cc1. The molecule has 1 unspecified atom stereocenters. The van der Waals surface area contributed by atoms with Crippen LogP contribution >= 0.6 is 0 Å². The van der Waals surface area contributed by atoms with E-state index in [0.717, 1.165) is 22.7 Å². The number of ketones is 1. The summed E-state index contributed by atoms with van der Waals surface area (Å²) in [5.41, 5.74) is 4.05. The summed E-state index contributed by atoms with van der Waals surface area (Å²) < 4.78 is 31.1. The van der Waals surface area contributed by atoms with Crippen molar-refractivity contribution in [3.05, 3.63) is 64.7 Å². The molecule has 34 heavy (non-hydrogen) atoms. The smallest absolute Gasteiger partial charge is 0.321 e. The van der Waals surface area contributed by atoms with Crippen molar-refractivity contribution in [2.75, 3.05) is 20.2 Å². The van der Waals surface area contributed by atoms with E-state index in [2.05, 4.69) is 17.4 Å². The summed E-state index contributed by atoms with van der Waals surface area (Å²) in [7, 11) is -2.71. The third kappa shape index (κ3) is 6.30. The average molecular weight is 487 g/mol. The first-order chi connectivity index (χ1) is 16.1. The molecular formula is C25H30N2O6S. The molecule has 2 aromatic carbocycles. The second-order valence-electron chi connectivity index (χ2n) is 8.53. The number of ether oxygens (including phenoxy) is 1. The molecule has 182 valence electrons. The number of rotatable bonds is 9. The van der Waals surface area contributed by atoms with E-state index < -0.39 is 35.1 Å². The van der Waals surface area contributed by atoms with Gasteiger partial charge in [0.05, 0.1) is 10.9 Å².